The van der Waals surface area contributed by atoms with Crippen LogP contribution in [0.4, 0.5) is 27.1 Å². The first-order chi connectivity index (χ1) is 16.4. The highest BCUT2D eigenvalue weighted by Gasteiger charge is 2.26. The van der Waals surface area contributed by atoms with Crippen molar-refractivity contribution in [3.8, 4) is 0 Å². The van der Waals surface area contributed by atoms with Crippen LogP contribution in [0.5, 0.6) is 0 Å². The highest BCUT2D eigenvalue weighted by atomic mass is 19.1. The zero-order valence-corrected chi connectivity index (χ0v) is 18.0. The number of hydrogen-bond acceptors (Lipinski definition) is 4. The molecule has 4 amide bonds. The number of nitrogens with zero attached hydrogens (tertiary/aromatic N) is 1. The minimum atomic E-state index is -0.470. The Morgan fingerprint density at radius 3 is 2.41 bits per heavy atom. The van der Waals surface area contributed by atoms with Gasteiger partial charge in [-0.3, -0.25) is 19.2 Å². The summed E-state index contributed by atoms with van der Waals surface area (Å²) in [5.74, 6) is -1.99. The van der Waals surface area contributed by atoms with Gasteiger partial charge >= 0.3 is 0 Å². The third kappa shape index (κ3) is 5.44. The number of para-hydroxylation sites is 2. The number of rotatable bonds is 6. The van der Waals surface area contributed by atoms with Crippen molar-refractivity contribution in [2.24, 2.45) is 0 Å². The second-order valence-corrected chi connectivity index (χ2v) is 7.64. The largest absolute Gasteiger partial charge is 0.326 e. The van der Waals surface area contributed by atoms with E-state index in [0.717, 1.165) is 0 Å². The minimum absolute atomic E-state index is 0.0901. The van der Waals surface area contributed by atoms with E-state index in [4.69, 9.17) is 0 Å². The van der Waals surface area contributed by atoms with Crippen molar-refractivity contribution in [1.82, 2.24) is 0 Å². The molecule has 1 heterocycles. The topological polar surface area (TPSA) is 108 Å². The Morgan fingerprint density at radius 1 is 0.882 bits per heavy atom. The molecule has 3 N–H and O–H groups in total. The molecule has 0 aromatic heterocycles. The maximum atomic E-state index is 13.3. The molecule has 1 aliphatic rings. The van der Waals surface area contributed by atoms with Crippen molar-refractivity contribution in [1.29, 1.82) is 0 Å². The number of carbonyl (C=O) groups excluding carboxylic acids is 4. The number of anilines is 4. The van der Waals surface area contributed by atoms with Crippen LogP contribution in [0.25, 0.3) is 0 Å². The lowest BCUT2D eigenvalue weighted by Gasteiger charge is -2.29. The SMILES string of the molecule is O=C(CCC(=O)N1CC(=O)Nc2ccccc21)Nc1cccc(C(=O)Nc2cccc(F)c2)c1. The molecule has 3 aromatic carbocycles. The van der Waals surface area contributed by atoms with Crippen molar-refractivity contribution < 1.29 is 23.6 Å². The summed E-state index contributed by atoms with van der Waals surface area (Å²) in [6, 6.07) is 18.7. The van der Waals surface area contributed by atoms with E-state index in [-0.39, 0.29) is 36.8 Å². The van der Waals surface area contributed by atoms with Crippen LogP contribution in [-0.2, 0) is 14.4 Å². The van der Waals surface area contributed by atoms with Crippen molar-refractivity contribution in [2.45, 2.75) is 12.8 Å². The average molecular weight is 460 g/mol. The van der Waals surface area contributed by atoms with Crippen LogP contribution in [-0.4, -0.2) is 30.2 Å². The molecular formula is C25H21FN4O4. The van der Waals surface area contributed by atoms with Crippen molar-refractivity contribution in [3.63, 3.8) is 0 Å². The third-order valence-corrected chi connectivity index (χ3v) is 5.13. The van der Waals surface area contributed by atoms with Gasteiger partial charge in [-0.15, -0.1) is 0 Å². The molecule has 9 heteroatoms. The van der Waals surface area contributed by atoms with Crippen LogP contribution in [0.1, 0.15) is 23.2 Å². The van der Waals surface area contributed by atoms with Crippen LogP contribution in [0.2, 0.25) is 0 Å². The molecule has 8 nitrogen and oxygen atoms in total. The maximum absolute atomic E-state index is 13.3. The first-order valence-electron chi connectivity index (χ1n) is 10.5. The molecule has 1 aliphatic heterocycles. The summed E-state index contributed by atoms with van der Waals surface area (Å²) in [6.45, 7) is -0.111. The number of carbonyl (C=O) groups is 4. The molecular weight excluding hydrogens is 439 g/mol. The number of benzene rings is 3. The van der Waals surface area contributed by atoms with Gasteiger partial charge in [-0.2, -0.15) is 0 Å². The molecule has 4 rings (SSSR count). The van der Waals surface area contributed by atoms with Gasteiger partial charge in [0.1, 0.15) is 12.4 Å². The first kappa shape index (κ1) is 22.7. The number of halogens is 1. The van der Waals surface area contributed by atoms with Gasteiger partial charge in [-0.05, 0) is 48.5 Å². The fourth-order valence-electron chi connectivity index (χ4n) is 3.54. The molecule has 0 bridgehead atoms. The normalized spacial score (nSPS) is 12.4. The van der Waals surface area contributed by atoms with E-state index in [9.17, 15) is 23.6 Å². The van der Waals surface area contributed by atoms with Gasteiger partial charge in [-0.1, -0.05) is 24.3 Å². The van der Waals surface area contributed by atoms with Crippen LogP contribution in [0, 0.1) is 5.82 Å². The minimum Gasteiger partial charge on any atom is -0.326 e. The summed E-state index contributed by atoms with van der Waals surface area (Å²) in [7, 11) is 0. The molecule has 0 aliphatic carbocycles. The monoisotopic (exact) mass is 460 g/mol. The van der Waals surface area contributed by atoms with Crippen molar-refractivity contribution in [3.05, 3.63) is 84.2 Å². The second kappa shape index (κ2) is 9.95. The van der Waals surface area contributed by atoms with Gasteiger partial charge in [0.15, 0.2) is 0 Å². The molecule has 0 spiro atoms. The Labute approximate surface area is 194 Å². The number of amides is 4. The molecule has 0 fully saturated rings. The molecule has 0 saturated carbocycles. The summed E-state index contributed by atoms with van der Waals surface area (Å²) in [5.41, 5.74) is 2.10. The second-order valence-electron chi connectivity index (χ2n) is 7.64. The predicted octanol–water partition coefficient (Wildman–Crippen LogP) is 3.78. The van der Waals surface area contributed by atoms with Gasteiger partial charge in [-0.25, -0.2) is 4.39 Å². The number of hydrogen-bond donors (Lipinski definition) is 3. The fourth-order valence-corrected chi connectivity index (χ4v) is 3.54. The Morgan fingerprint density at radius 2 is 1.62 bits per heavy atom. The fraction of sp³-hybridized carbons (Fsp3) is 0.120. The van der Waals surface area contributed by atoms with Crippen molar-refractivity contribution >= 4 is 46.4 Å². The lowest BCUT2D eigenvalue weighted by atomic mass is 10.1. The predicted molar refractivity (Wildman–Crippen MR) is 126 cm³/mol. The summed E-state index contributed by atoms with van der Waals surface area (Å²) >= 11 is 0. The van der Waals surface area contributed by atoms with E-state index >= 15 is 0 Å². The highest BCUT2D eigenvalue weighted by Crippen LogP contribution is 2.29. The van der Waals surface area contributed by atoms with Crippen molar-refractivity contribution in [2.75, 3.05) is 27.4 Å². The van der Waals surface area contributed by atoms with Crippen LogP contribution >= 0.6 is 0 Å². The van der Waals surface area contributed by atoms with E-state index in [0.29, 0.717) is 22.7 Å². The summed E-state index contributed by atoms with van der Waals surface area (Å²) in [5, 5.41) is 7.97. The first-order valence-corrected chi connectivity index (χ1v) is 10.5. The Balaban J connectivity index is 1.34. The maximum Gasteiger partial charge on any atom is 0.255 e. The molecule has 0 unspecified atom stereocenters. The van der Waals surface area contributed by atoms with E-state index < -0.39 is 17.6 Å². The number of nitrogens with one attached hydrogen (secondary N) is 3. The van der Waals surface area contributed by atoms with E-state index in [1.54, 1.807) is 48.5 Å². The standard InChI is InChI=1S/C25H21FN4O4/c26-17-6-4-8-19(14-17)28-25(34)16-5-3-7-18(13-16)27-22(31)11-12-24(33)30-15-23(32)29-20-9-1-2-10-21(20)30/h1-10,13-14H,11-12,15H2,(H,27,31)(H,28,34)(H,29,32). The van der Waals surface area contributed by atoms with Gasteiger partial charge < -0.3 is 20.9 Å². The van der Waals surface area contributed by atoms with E-state index in [1.165, 1.54) is 29.2 Å². The molecule has 3 aromatic rings. The van der Waals surface area contributed by atoms with Gasteiger partial charge in [0.2, 0.25) is 17.7 Å². The lowest BCUT2D eigenvalue weighted by Crippen LogP contribution is -2.42. The summed E-state index contributed by atoms with van der Waals surface area (Å²) < 4.78 is 13.3. The zero-order chi connectivity index (χ0) is 24.1. The summed E-state index contributed by atoms with van der Waals surface area (Å²) in [4.78, 5) is 50.8. The molecule has 0 radical (unpaired) electrons. The smallest absolute Gasteiger partial charge is 0.255 e. The summed E-state index contributed by atoms with van der Waals surface area (Å²) in [6.07, 6.45) is -0.188. The van der Waals surface area contributed by atoms with Gasteiger partial charge in [0, 0.05) is 29.8 Å². The molecule has 0 atom stereocenters. The van der Waals surface area contributed by atoms with Gasteiger partial charge in [0.05, 0.1) is 11.4 Å². The average Bonchev–Trinajstić information content (AvgIpc) is 2.82. The molecule has 34 heavy (non-hydrogen) atoms. The van der Waals surface area contributed by atoms with Crippen LogP contribution < -0.4 is 20.9 Å². The van der Waals surface area contributed by atoms with E-state index in [1.807, 2.05) is 0 Å². The van der Waals surface area contributed by atoms with Crippen LogP contribution in [0.15, 0.2) is 72.8 Å². The number of fused-ring (bicyclic) bond motifs is 1. The molecule has 0 saturated heterocycles. The van der Waals surface area contributed by atoms with E-state index in [2.05, 4.69) is 16.0 Å². The zero-order valence-electron chi connectivity index (χ0n) is 18.0. The Kier molecular flexibility index (Phi) is 6.63. The van der Waals surface area contributed by atoms with Gasteiger partial charge in [0.25, 0.3) is 5.91 Å². The highest BCUT2D eigenvalue weighted by molar-refractivity contribution is 6.10. The Bertz CT molecular complexity index is 1280. The lowest BCUT2D eigenvalue weighted by molar-refractivity contribution is -0.124. The Hall–Kier alpha value is -4.53. The quantitative estimate of drug-likeness (QED) is 0.520. The van der Waals surface area contributed by atoms with Crippen LogP contribution in [0.3, 0.4) is 0 Å². The third-order valence-electron chi connectivity index (χ3n) is 5.13. The molecule has 172 valence electrons.